The zero-order valence-electron chi connectivity index (χ0n) is 7.70. The second kappa shape index (κ2) is 3.98. The van der Waals surface area contributed by atoms with E-state index in [1.807, 2.05) is 13.8 Å². The number of carbonyl (C=O) groups excluding carboxylic acids is 1. The summed E-state index contributed by atoms with van der Waals surface area (Å²) in [7, 11) is 0. The molecule has 1 rings (SSSR count). The van der Waals surface area contributed by atoms with Gasteiger partial charge in [-0.3, -0.25) is 0 Å². The Kier molecular flexibility index (Phi) is 2.95. The minimum absolute atomic E-state index is 0.145. The lowest BCUT2D eigenvalue weighted by molar-refractivity contribution is 0.0456. The molecule has 1 aromatic rings. The number of nitrogens with one attached hydrogen (secondary N) is 1. The lowest BCUT2D eigenvalue weighted by atomic mass is 10.2. The number of hydrogen-bond donors (Lipinski definition) is 2. The summed E-state index contributed by atoms with van der Waals surface area (Å²) in [6.07, 6.45) is 1.49. The van der Waals surface area contributed by atoms with E-state index in [0.717, 1.165) is 0 Å². The molecule has 1 heterocycles. The highest BCUT2D eigenvalue weighted by atomic mass is 16.5. The van der Waals surface area contributed by atoms with Crippen molar-refractivity contribution in [2.24, 2.45) is 5.92 Å². The first-order valence-electron chi connectivity index (χ1n) is 4.14. The van der Waals surface area contributed by atoms with Crippen LogP contribution in [-0.2, 0) is 4.74 Å². The smallest absolute Gasteiger partial charge is 0.343 e. The van der Waals surface area contributed by atoms with Gasteiger partial charge in [0.05, 0.1) is 6.61 Å². The summed E-state index contributed by atoms with van der Waals surface area (Å²) in [5.74, 6) is -0.341. The van der Waals surface area contributed by atoms with Crippen LogP contribution in [-0.4, -0.2) is 22.7 Å². The van der Waals surface area contributed by atoms with Crippen molar-refractivity contribution in [1.82, 2.24) is 4.98 Å². The standard InChI is InChI=1S/C9H13NO3/c1-6(2)5-13-9(12)7-3-4-10-8(7)11/h3-4,6,10-11H,5H2,1-2H3. The van der Waals surface area contributed by atoms with Crippen molar-refractivity contribution in [1.29, 1.82) is 0 Å². The fourth-order valence-corrected chi connectivity index (χ4v) is 0.845. The van der Waals surface area contributed by atoms with Gasteiger partial charge >= 0.3 is 5.97 Å². The molecule has 13 heavy (non-hydrogen) atoms. The van der Waals surface area contributed by atoms with Crippen molar-refractivity contribution in [2.45, 2.75) is 13.8 Å². The van der Waals surface area contributed by atoms with Gasteiger partial charge in [0.25, 0.3) is 0 Å². The fraction of sp³-hybridized carbons (Fsp3) is 0.444. The Morgan fingerprint density at radius 3 is 2.85 bits per heavy atom. The first-order valence-corrected chi connectivity index (χ1v) is 4.14. The van der Waals surface area contributed by atoms with Gasteiger partial charge in [-0.15, -0.1) is 0 Å². The summed E-state index contributed by atoms with van der Waals surface area (Å²) in [6, 6.07) is 1.48. The second-order valence-corrected chi connectivity index (χ2v) is 3.23. The van der Waals surface area contributed by atoms with Crippen LogP contribution in [0.25, 0.3) is 0 Å². The van der Waals surface area contributed by atoms with Crippen LogP contribution in [0.2, 0.25) is 0 Å². The number of carbonyl (C=O) groups is 1. The van der Waals surface area contributed by atoms with Crippen molar-refractivity contribution in [3.05, 3.63) is 17.8 Å². The van der Waals surface area contributed by atoms with Gasteiger partial charge in [0, 0.05) is 6.20 Å². The molecule has 0 spiro atoms. The number of hydrogen-bond acceptors (Lipinski definition) is 3. The van der Waals surface area contributed by atoms with E-state index >= 15 is 0 Å². The average Bonchev–Trinajstić information content (AvgIpc) is 2.47. The van der Waals surface area contributed by atoms with E-state index in [2.05, 4.69) is 4.98 Å². The molecule has 1 aromatic heterocycles. The number of H-pyrrole nitrogens is 1. The molecule has 72 valence electrons. The topological polar surface area (TPSA) is 62.3 Å². The van der Waals surface area contributed by atoms with Crippen LogP contribution in [0.1, 0.15) is 24.2 Å². The van der Waals surface area contributed by atoms with Gasteiger partial charge in [0.2, 0.25) is 5.88 Å². The molecule has 0 fully saturated rings. The number of aromatic amines is 1. The predicted octanol–water partition coefficient (Wildman–Crippen LogP) is 1.53. The maximum Gasteiger partial charge on any atom is 0.343 e. The maximum atomic E-state index is 11.2. The number of esters is 1. The van der Waals surface area contributed by atoms with E-state index in [-0.39, 0.29) is 11.4 Å². The van der Waals surface area contributed by atoms with Crippen molar-refractivity contribution < 1.29 is 14.6 Å². The van der Waals surface area contributed by atoms with Crippen molar-refractivity contribution in [3.8, 4) is 5.88 Å². The van der Waals surface area contributed by atoms with Crippen molar-refractivity contribution in [2.75, 3.05) is 6.61 Å². The highest BCUT2D eigenvalue weighted by Gasteiger charge is 2.13. The van der Waals surface area contributed by atoms with Crippen LogP contribution >= 0.6 is 0 Å². The van der Waals surface area contributed by atoms with Gasteiger partial charge in [-0.1, -0.05) is 13.8 Å². The molecule has 0 saturated carbocycles. The lowest BCUT2D eigenvalue weighted by Crippen LogP contribution is -2.09. The van der Waals surface area contributed by atoms with Crippen molar-refractivity contribution in [3.63, 3.8) is 0 Å². The minimum Gasteiger partial charge on any atom is -0.494 e. The fourth-order valence-electron chi connectivity index (χ4n) is 0.845. The number of aromatic nitrogens is 1. The van der Waals surface area contributed by atoms with Crippen LogP contribution in [0.15, 0.2) is 12.3 Å². The Labute approximate surface area is 76.5 Å². The van der Waals surface area contributed by atoms with Crippen molar-refractivity contribution >= 4 is 5.97 Å². The summed E-state index contributed by atoms with van der Waals surface area (Å²) in [4.78, 5) is 13.7. The molecule has 0 saturated heterocycles. The summed E-state index contributed by atoms with van der Waals surface area (Å²) < 4.78 is 4.91. The van der Waals surface area contributed by atoms with Crippen LogP contribution in [0.3, 0.4) is 0 Å². The Bertz CT molecular complexity index is 291. The number of ether oxygens (including phenoxy) is 1. The highest BCUT2D eigenvalue weighted by molar-refractivity contribution is 5.91. The van der Waals surface area contributed by atoms with Gasteiger partial charge < -0.3 is 14.8 Å². The summed E-state index contributed by atoms with van der Waals surface area (Å²) in [6.45, 7) is 4.26. The first kappa shape index (κ1) is 9.64. The monoisotopic (exact) mass is 183 g/mol. The SMILES string of the molecule is CC(C)COC(=O)c1cc[nH]c1O. The number of aromatic hydroxyl groups is 1. The van der Waals surface area contributed by atoms with Crippen LogP contribution in [0.4, 0.5) is 0 Å². The predicted molar refractivity (Wildman–Crippen MR) is 47.6 cm³/mol. The third kappa shape index (κ3) is 2.50. The van der Waals surface area contributed by atoms with E-state index in [1.54, 1.807) is 0 Å². The van der Waals surface area contributed by atoms with Crippen LogP contribution in [0, 0.1) is 5.92 Å². The molecule has 4 heteroatoms. The summed E-state index contributed by atoms with van der Waals surface area (Å²) in [5, 5.41) is 9.13. The van der Waals surface area contributed by atoms with E-state index < -0.39 is 5.97 Å². The van der Waals surface area contributed by atoms with Gasteiger partial charge in [-0.05, 0) is 12.0 Å². The number of rotatable bonds is 3. The molecule has 0 aliphatic heterocycles. The van der Waals surface area contributed by atoms with Crippen LogP contribution in [0.5, 0.6) is 5.88 Å². The lowest BCUT2D eigenvalue weighted by Gasteiger charge is -2.05. The van der Waals surface area contributed by atoms with E-state index in [1.165, 1.54) is 12.3 Å². The van der Waals surface area contributed by atoms with Gasteiger partial charge in [0.15, 0.2) is 0 Å². The van der Waals surface area contributed by atoms with E-state index in [4.69, 9.17) is 9.84 Å². The molecule has 0 unspecified atom stereocenters. The second-order valence-electron chi connectivity index (χ2n) is 3.23. The Morgan fingerprint density at radius 2 is 2.38 bits per heavy atom. The molecule has 0 bridgehead atoms. The quantitative estimate of drug-likeness (QED) is 0.698. The average molecular weight is 183 g/mol. The Hall–Kier alpha value is -1.45. The zero-order chi connectivity index (χ0) is 9.84. The molecule has 4 nitrogen and oxygen atoms in total. The molecule has 0 aromatic carbocycles. The highest BCUT2D eigenvalue weighted by Crippen LogP contribution is 2.14. The molecule has 0 aliphatic rings. The van der Waals surface area contributed by atoms with Gasteiger partial charge in [0.1, 0.15) is 5.56 Å². The molecule has 2 N–H and O–H groups in total. The Morgan fingerprint density at radius 1 is 1.69 bits per heavy atom. The molecular weight excluding hydrogens is 170 g/mol. The van der Waals surface area contributed by atoms with E-state index in [0.29, 0.717) is 12.5 Å². The molecule has 0 radical (unpaired) electrons. The first-order chi connectivity index (χ1) is 6.11. The van der Waals surface area contributed by atoms with E-state index in [9.17, 15) is 4.79 Å². The third-order valence-electron chi connectivity index (χ3n) is 1.49. The molecular formula is C9H13NO3. The zero-order valence-corrected chi connectivity index (χ0v) is 7.70. The van der Waals surface area contributed by atoms with Gasteiger partial charge in [-0.2, -0.15) is 0 Å². The molecule has 0 atom stereocenters. The minimum atomic E-state index is -0.493. The maximum absolute atomic E-state index is 11.2. The largest absolute Gasteiger partial charge is 0.494 e. The molecule has 0 aliphatic carbocycles. The summed E-state index contributed by atoms with van der Waals surface area (Å²) >= 11 is 0. The Balaban J connectivity index is 2.54. The summed E-state index contributed by atoms with van der Waals surface area (Å²) in [5.41, 5.74) is 0.181. The normalized spacial score (nSPS) is 10.4. The third-order valence-corrected chi connectivity index (χ3v) is 1.49. The molecule has 0 amide bonds. The van der Waals surface area contributed by atoms with Gasteiger partial charge in [-0.25, -0.2) is 4.79 Å². The van der Waals surface area contributed by atoms with Crippen LogP contribution < -0.4 is 0 Å².